The van der Waals surface area contributed by atoms with Crippen molar-refractivity contribution < 1.29 is 19.1 Å². The van der Waals surface area contributed by atoms with Crippen LogP contribution in [0.1, 0.15) is 55.8 Å². The summed E-state index contributed by atoms with van der Waals surface area (Å²) in [6, 6.07) is 6.90. The molecule has 6 heteroatoms. The summed E-state index contributed by atoms with van der Waals surface area (Å²) < 4.78 is 10.5. The zero-order valence-electron chi connectivity index (χ0n) is 15.3. The van der Waals surface area contributed by atoms with Crippen molar-refractivity contribution in [3.8, 4) is 0 Å². The molecule has 1 aliphatic heterocycles. The summed E-state index contributed by atoms with van der Waals surface area (Å²) in [5.74, 6) is -0.416. The van der Waals surface area contributed by atoms with Gasteiger partial charge in [-0.2, -0.15) is 0 Å². The van der Waals surface area contributed by atoms with Gasteiger partial charge in [-0.05, 0) is 31.9 Å². The van der Waals surface area contributed by atoms with Gasteiger partial charge < -0.3 is 14.4 Å². The van der Waals surface area contributed by atoms with Gasteiger partial charge in [0.05, 0.1) is 18.4 Å². The van der Waals surface area contributed by atoms with Crippen molar-refractivity contribution in [2.75, 3.05) is 20.2 Å². The van der Waals surface area contributed by atoms with Crippen molar-refractivity contribution in [3.63, 3.8) is 0 Å². The first kappa shape index (κ1) is 18.8. The number of hydrogen-bond donors (Lipinski definition) is 0. The van der Waals surface area contributed by atoms with Crippen LogP contribution >= 0.6 is 0 Å². The fourth-order valence-electron chi connectivity index (χ4n) is 2.88. The summed E-state index contributed by atoms with van der Waals surface area (Å²) in [7, 11) is 1.34. The van der Waals surface area contributed by atoms with Crippen molar-refractivity contribution in [1.82, 2.24) is 9.80 Å². The molecule has 0 bridgehead atoms. The standard InChI is InChI=1S/C19H26N2O4/c1-5-10-20(11-6-2)19(23)21-14(3)13-25-17(21)15-8-7-9-16(12-15)18(22)24-4/h7-9,12-13,17H,5-6,10-11H2,1-4H3. The van der Waals surface area contributed by atoms with E-state index in [1.165, 1.54) is 7.11 Å². The lowest BCUT2D eigenvalue weighted by atomic mass is 10.1. The molecule has 6 nitrogen and oxygen atoms in total. The number of rotatable bonds is 6. The van der Waals surface area contributed by atoms with E-state index in [0.717, 1.165) is 24.1 Å². The molecule has 0 saturated carbocycles. The Balaban J connectivity index is 2.29. The fourth-order valence-corrected chi connectivity index (χ4v) is 2.88. The van der Waals surface area contributed by atoms with Crippen LogP contribution in [0, 0.1) is 0 Å². The highest BCUT2D eigenvalue weighted by Crippen LogP contribution is 2.33. The maximum atomic E-state index is 13.0. The Kier molecular flexibility index (Phi) is 6.44. The van der Waals surface area contributed by atoms with Gasteiger partial charge in [0.25, 0.3) is 0 Å². The molecule has 0 fully saturated rings. The molecule has 1 aliphatic rings. The predicted octanol–water partition coefficient (Wildman–Crippen LogP) is 3.91. The lowest BCUT2D eigenvalue weighted by Gasteiger charge is -2.31. The van der Waals surface area contributed by atoms with Crippen LogP contribution in [0.5, 0.6) is 0 Å². The molecule has 1 atom stereocenters. The molecule has 136 valence electrons. The molecule has 0 aliphatic carbocycles. The minimum Gasteiger partial charge on any atom is -0.472 e. The Morgan fingerprint density at radius 3 is 2.52 bits per heavy atom. The molecule has 0 N–H and O–H groups in total. The minimum absolute atomic E-state index is 0.0802. The summed E-state index contributed by atoms with van der Waals surface area (Å²) in [4.78, 5) is 28.3. The molecular weight excluding hydrogens is 320 g/mol. The average Bonchev–Trinajstić information content (AvgIpc) is 3.02. The Morgan fingerprint density at radius 2 is 1.92 bits per heavy atom. The molecular formula is C19H26N2O4. The topological polar surface area (TPSA) is 59.1 Å². The van der Waals surface area contributed by atoms with E-state index in [1.54, 1.807) is 29.4 Å². The predicted molar refractivity (Wildman–Crippen MR) is 94.8 cm³/mol. The molecule has 1 unspecified atom stereocenters. The number of benzene rings is 1. The summed E-state index contributed by atoms with van der Waals surface area (Å²) in [6.45, 7) is 7.35. The first-order valence-corrected chi connectivity index (χ1v) is 8.62. The molecule has 2 rings (SSSR count). The zero-order valence-corrected chi connectivity index (χ0v) is 15.3. The van der Waals surface area contributed by atoms with E-state index in [9.17, 15) is 9.59 Å². The van der Waals surface area contributed by atoms with Crippen LogP contribution in [-0.2, 0) is 9.47 Å². The molecule has 0 saturated heterocycles. The summed E-state index contributed by atoms with van der Waals surface area (Å²) in [5.41, 5.74) is 1.91. The van der Waals surface area contributed by atoms with Gasteiger partial charge in [0, 0.05) is 18.7 Å². The summed E-state index contributed by atoms with van der Waals surface area (Å²) >= 11 is 0. The number of ether oxygens (including phenoxy) is 2. The van der Waals surface area contributed by atoms with Gasteiger partial charge in [0.1, 0.15) is 6.26 Å². The first-order chi connectivity index (χ1) is 12.0. The van der Waals surface area contributed by atoms with Crippen LogP contribution in [0.15, 0.2) is 36.2 Å². The van der Waals surface area contributed by atoms with Gasteiger partial charge in [-0.15, -0.1) is 0 Å². The number of methoxy groups -OCH3 is 1. The maximum Gasteiger partial charge on any atom is 0.337 e. The number of nitrogens with zero attached hydrogens (tertiary/aromatic N) is 2. The second kappa shape index (κ2) is 8.55. The second-order valence-corrected chi connectivity index (χ2v) is 6.00. The van der Waals surface area contributed by atoms with Crippen molar-refractivity contribution in [2.45, 2.75) is 39.8 Å². The lowest BCUT2D eigenvalue weighted by Crippen LogP contribution is -2.43. The molecule has 0 aromatic heterocycles. The monoisotopic (exact) mass is 346 g/mol. The molecule has 0 radical (unpaired) electrons. The van der Waals surface area contributed by atoms with Gasteiger partial charge in [0.15, 0.2) is 0 Å². The largest absolute Gasteiger partial charge is 0.472 e. The quantitative estimate of drug-likeness (QED) is 0.733. The Morgan fingerprint density at radius 1 is 1.24 bits per heavy atom. The van der Waals surface area contributed by atoms with Crippen LogP contribution in [-0.4, -0.2) is 42.0 Å². The van der Waals surface area contributed by atoms with Crippen molar-refractivity contribution >= 4 is 12.0 Å². The van der Waals surface area contributed by atoms with Crippen LogP contribution in [0.4, 0.5) is 4.79 Å². The highest BCUT2D eigenvalue weighted by molar-refractivity contribution is 5.89. The third kappa shape index (κ3) is 4.13. The van der Waals surface area contributed by atoms with Crippen LogP contribution < -0.4 is 0 Å². The van der Waals surface area contributed by atoms with E-state index < -0.39 is 12.2 Å². The minimum atomic E-state index is -0.576. The van der Waals surface area contributed by atoms with Gasteiger partial charge in [-0.1, -0.05) is 26.0 Å². The van der Waals surface area contributed by atoms with Crippen molar-refractivity contribution in [2.24, 2.45) is 0 Å². The SMILES string of the molecule is CCCN(CCC)C(=O)N1C(C)=COC1c1cccc(C(=O)OC)c1. The highest BCUT2D eigenvalue weighted by Gasteiger charge is 2.35. The molecule has 1 heterocycles. The third-order valence-corrected chi connectivity index (χ3v) is 4.04. The Hall–Kier alpha value is -2.50. The first-order valence-electron chi connectivity index (χ1n) is 8.62. The molecule has 1 aromatic rings. The van der Waals surface area contributed by atoms with E-state index in [4.69, 9.17) is 9.47 Å². The summed E-state index contributed by atoms with van der Waals surface area (Å²) in [5, 5.41) is 0. The van der Waals surface area contributed by atoms with E-state index in [1.807, 2.05) is 17.9 Å². The smallest absolute Gasteiger partial charge is 0.337 e. The average molecular weight is 346 g/mol. The van der Waals surface area contributed by atoms with E-state index in [-0.39, 0.29) is 6.03 Å². The Bertz CT molecular complexity index is 651. The zero-order chi connectivity index (χ0) is 18.4. The number of urea groups is 1. The number of amides is 2. The summed E-state index contributed by atoms with van der Waals surface area (Å²) in [6.07, 6.45) is 2.80. The van der Waals surface area contributed by atoms with E-state index in [0.29, 0.717) is 18.7 Å². The van der Waals surface area contributed by atoms with Crippen molar-refractivity contribution in [3.05, 3.63) is 47.4 Å². The van der Waals surface area contributed by atoms with Gasteiger partial charge in [-0.25, -0.2) is 9.59 Å². The number of hydrogen-bond acceptors (Lipinski definition) is 4. The highest BCUT2D eigenvalue weighted by atomic mass is 16.5. The van der Waals surface area contributed by atoms with Gasteiger partial charge >= 0.3 is 12.0 Å². The number of allylic oxidation sites excluding steroid dienone is 1. The third-order valence-electron chi connectivity index (χ3n) is 4.04. The maximum absolute atomic E-state index is 13.0. The molecule has 25 heavy (non-hydrogen) atoms. The van der Waals surface area contributed by atoms with Crippen LogP contribution in [0.25, 0.3) is 0 Å². The fraction of sp³-hybridized carbons (Fsp3) is 0.474. The normalized spacial score (nSPS) is 16.2. The van der Waals surface area contributed by atoms with Crippen LogP contribution in [0.3, 0.4) is 0 Å². The molecule has 2 amide bonds. The van der Waals surface area contributed by atoms with Crippen molar-refractivity contribution in [1.29, 1.82) is 0 Å². The molecule has 1 aromatic carbocycles. The molecule has 0 spiro atoms. The van der Waals surface area contributed by atoms with E-state index >= 15 is 0 Å². The number of carbonyl (C=O) groups excluding carboxylic acids is 2. The lowest BCUT2D eigenvalue weighted by molar-refractivity contribution is 0.0564. The van der Waals surface area contributed by atoms with Gasteiger partial charge in [-0.3, -0.25) is 4.90 Å². The van der Waals surface area contributed by atoms with E-state index in [2.05, 4.69) is 13.8 Å². The number of carbonyl (C=O) groups is 2. The Labute approximate surface area is 149 Å². The van der Waals surface area contributed by atoms with Crippen LogP contribution in [0.2, 0.25) is 0 Å². The van der Waals surface area contributed by atoms with Gasteiger partial charge in [0.2, 0.25) is 6.23 Å². The second-order valence-electron chi connectivity index (χ2n) is 6.00. The number of esters is 1.